The van der Waals surface area contributed by atoms with Gasteiger partial charge in [0.1, 0.15) is 0 Å². The molecule has 0 unspecified atom stereocenters. The summed E-state index contributed by atoms with van der Waals surface area (Å²) in [6.07, 6.45) is 21.0. The first-order valence-corrected chi connectivity index (χ1v) is 12.1. The number of unbranched alkanes of at least 4 members (excludes halogenated alkanes) is 12. The maximum atomic E-state index is 2.74. The minimum atomic E-state index is 1.20. The molecule has 0 atom stereocenters. The number of rotatable bonds is 19. The summed E-state index contributed by atoms with van der Waals surface area (Å²) >= 11 is 0. The van der Waals surface area contributed by atoms with Crippen molar-refractivity contribution in [2.45, 2.75) is 110 Å². The van der Waals surface area contributed by atoms with Gasteiger partial charge in [-0.05, 0) is 37.9 Å². The Morgan fingerprint density at radius 1 is 0.519 bits per heavy atom. The molecule has 0 radical (unpaired) electrons. The third-order valence-electron chi connectivity index (χ3n) is 5.72. The molecule has 0 bridgehead atoms. The van der Waals surface area contributed by atoms with Gasteiger partial charge in [-0.1, -0.05) is 121 Å². The van der Waals surface area contributed by atoms with Crippen LogP contribution >= 0.6 is 0 Å². The Balaban J connectivity index is 2.19. The van der Waals surface area contributed by atoms with E-state index in [1.54, 1.807) is 0 Å². The Morgan fingerprint density at radius 3 is 1.44 bits per heavy atom. The third-order valence-corrected chi connectivity index (χ3v) is 5.72. The monoisotopic (exact) mass is 373 g/mol. The van der Waals surface area contributed by atoms with Crippen molar-refractivity contribution >= 4 is 0 Å². The number of nitrogens with zero attached hydrogens (tertiary/aromatic N) is 1. The molecule has 0 spiro atoms. The SMILES string of the molecule is CCCCCCCCCCN(CCCCCCCC)CCc1ccccc1. The highest BCUT2D eigenvalue weighted by molar-refractivity contribution is 5.14. The van der Waals surface area contributed by atoms with Gasteiger partial charge in [0.25, 0.3) is 0 Å². The highest BCUT2D eigenvalue weighted by Gasteiger charge is 2.05. The summed E-state index contributed by atoms with van der Waals surface area (Å²) in [5.41, 5.74) is 1.49. The molecular weight excluding hydrogens is 326 g/mol. The molecule has 0 aliphatic heterocycles. The molecule has 1 aromatic carbocycles. The van der Waals surface area contributed by atoms with Crippen molar-refractivity contribution in [2.24, 2.45) is 0 Å². The van der Waals surface area contributed by atoms with Gasteiger partial charge in [-0.3, -0.25) is 0 Å². The second kappa shape index (κ2) is 18.5. The van der Waals surface area contributed by atoms with Gasteiger partial charge in [-0.25, -0.2) is 0 Å². The second-order valence-electron chi connectivity index (χ2n) is 8.32. The first-order valence-electron chi connectivity index (χ1n) is 12.1. The molecule has 0 aromatic heterocycles. The van der Waals surface area contributed by atoms with Crippen LogP contribution in [0.5, 0.6) is 0 Å². The van der Waals surface area contributed by atoms with Crippen LogP contribution < -0.4 is 0 Å². The lowest BCUT2D eigenvalue weighted by Gasteiger charge is -2.22. The van der Waals surface area contributed by atoms with Crippen molar-refractivity contribution < 1.29 is 0 Å². The Labute approximate surface area is 170 Å². The lowest BCUT2D eigenvalue weighted by atomic mass is 10.1. The Morgan fingerprint density at radius 2 is 0.963 bits per heavy atom. The van der Waals surface area contributed by atoms with Crippen LogP contribution in [0.4, 0.5) is 0 Å². The molecule has 1 nitrogen and oxygen atoms in total. The van der Waals surface area contributed by atoms with E-state index >= 15 is 0 Å². The Kier molecular flexibility index (Phi) is 16.6. The molecule has 1 heteroatoms. The summed E-state index contributed by atoms with van der Waals surface area (Å²) in [4.78, 5) is 2.74. The third kappa shape index (κ3) is 14.9. The van der Waals surface area contributed by atoms with Gasteiger partial charge in [0.15, 0.2) is 0 Å². The maximum absolute atomic E-state index is 2.74. The summed E-state index contributed by atoms with van der Waals surface area (Å²) in [6, 6.07) is 11.0. The van der Waals surface area contributed by atoms with Crippen molar-refractivity contribution in [3.05, 3.63) is 35.9 Å². The van der Waals surface area contributed by atoms with E-state index < -0.39 is 0 Å². The van der Waals surface area contributed by atoms with Crippen LogP contribution in [-0.4, -0.2) is 24.5 Å². The summed E-state index contributed by atoms with van der Waals surface area (Å²) in [7, 11) is 0. The zero-order valence-corrected chi connectivity index (χ0v) is 18.6. The van der Waals surface area contributed by atoms with Crippen LogP contribution in [0.3, 0.4) is 0 Å². The van der Waals surface area contributed by atoms with E-state index in [2.05, 4.69) is 49.1 Å². The normalized spacial score (nSPS) is 11.4. The standard InChI is InChI=1S/C26H47N/c1-3-5-7-9-11-12-14-19-24-27(23-18-13-10-8-6-4-2)25-22-26-20-16-15-17-21-26/h15-17,20-21H,3-14,18-19,22-25H2,1-2H3. The van der Waals surface area contributed by atoms with E-state index in [1.807, 2.05) is 0 Å². The minimum Gasteiger partial charge on any atom is -0.303 e. The van der Waals surface area contributed by atoms with Crippen LogP contribution in [0.25, 0.3) is 0 Å². The van der Waals surface area contributed by atoms with Crippen molar-refractivity contribution in [2.75, 3.05) is 19.6 Å². The summed E-state index contributed by atoms with van der Waals surface area (Å²) < 4.78 is 0. The fourth-order valence-electron chi connectivity index (χ4n) is 3.85. The lowest BCUT2D eigenvalue weighted by Crippen LogP contribution is -2.28. The molecule has 0 saturated carbocycles. The van der Waals surface area contributed by atoms with Crippen LogP contribution in [0.1, 0.15) is 109 Å². The fraction of sp³-hybridized carbons (Fsp3) is 0.769. The van der Waals surface area contributed by atoms with Gasteiger partial charge in [-0.15, -0.1) is 0 Å². The van der Waals surface area contributed by atoms with Gasteiger partial charge in [0, 0.05) is 6.54 Å². The Bertz CT molecular complexity index is 400. The average Bonchev–Trinajstić information content (AvgIpc) is 2.70. The molecule has 0 aliphatic rings. The molecule has 1 aromatic rings. The highest BCUT2D eigenvalue weighted by atomic mass is 15.1. The summed E-state index contributed by atoms with van der Waals surface area (Å²) in [5, 5.41) is 0. The average molecular weight is 374 g/mol. The van der Waals surface area contributed by atoms with E-state index in [1.165, 1.54) is 122 Å². The van der Waals surface area contributed by atoms with Crippen molar-refractivity contribution in [3.8, 4) is 0 Å². The smallest absolute Gasteiger partial charge is 0.00218 e. The van der Waals surface area contributed by atoms with Gasteiger partial charge in [-0.2, -0.15) is 0 Å². The number of hydrogen-bond donors (Lipinski definition) is 0. The maximum Gasteiger partial charge on any atom is 0.00218 e. The van der Waals surface area contributed by atoms with Crippen LogP contribution in [0.2, 0.25) is 0 Å². The molecule has 27 heavy (non-hydrogen) atoms. The molecule has 0 N–H and O–H groups in total. The largest absolute Gasteiger partial charge is 0.303 e. The van der Waals surface area contributed by atoms with E-state index in [0.29, 0.717) is 0 Å². The van der Waals surface area contributed by atoms with Crippen molar-refractivity contribution in [1.82, 2.24) is 4.90 Å². The zero-order valence-electron chi connectivity index (χ0n) is 18.6. The highest BCUT2D eigenvalue weighted by Crippen LogP contribution is 2.11. The van der Waals surface area contributed by atoms with E-state index in [9.17, 15) is 0 Å². The number of hydrogen-bond acceptors (Lipinski definition) is 1. The molecule has 1 rings (SSSR count). The summed E-state index contributed by atoms with van der Waals surface area (Å²) in [5.74, 6) is 0. The first kappa shape index (κ1) is 24.2. The summed E-state index contributed by atoms with van der Waals surface area (Å²) in [6.45, 7) is 8.44. The topological polar surface area (TPSA) is 3.24 Å². The van der Waals surface area contributed by atoms with Crippen LogP contribution in [-0.2, 0) is 6.42 Å². The molecule has 0 fully saturated rings. The molecule has 0 aliphatic carbocycles. The van der Waals surface area contributed by atoms with E-state index in [0.717, 1.165) is 0 Å². The molecule has 0 saturated heterocycles. The van der Waals surface area contributed by atoms with Gasteiger partial charge in [0.05, 0.1) is 0 Å². The van der Waals surface area contributed by atoms with Gasteiger partial charge >= 0.3 is 0 Å². The minimum absolute atomic E-state index is 1.20. The Hall–Kier alpha value is -0.820. The predicted molar refractivity (Wildman–Crippen MR) is 123 cm³/mol. The molecule has 0 amide bonds. The molecule has 0 heterocycles. The van der Waals surface area contributed by atoms with Crippen molar-refractivity contribution in [3.63, 3.8) is 0 Å². The van der Waals surface area contributed by atoms with Crippen LogP contribution in [0.15, 0.2) is 30.3 Å². The quantitative estimate of drug-likeness (QED) is 0.222. The van der Waals surface area contributed by atoms with E-state index in [4.69, 9.17) is 0 Å². The second-order valence-corrected chi connectivity index (χ2v) is 8.32. The zero-order chi connectivity index (χ0) is 19.4. The predicted octanol–water partition coefficient (Wildman–Crippen LogP) is 8.03. The molecule has 156 valence electrons. The van der Waals surface area contributed by atoms with Gasteiger partial charge < -0.3 is 4.90 Å². The lowest BCUT2D eigenvalue weighted by molar-refractivity contribution is 0.263. The first-order chi connectivity index (χ1) is 13.4. The number of benzene rings is 1. The van der Waals surface area contributed by atoms with Crippen LogP contribution in [0, 0.1) is 0 Å². The molecular formula is C26H47N. The van der Waals surface area contributed by atoms with Crippen molar-refractivity contribution in [1.29, 1.82) is 0 Å². The fourth-order valence-corrected chi connectivity index (χ4v) is 3.85. The van der Waals surface area contributed by atoms with Gasteiger partial charge in [0.2, 0.25) is 0 Å². The van der Waals surface area contributed by atoms with E-state index in [-0.39, 0.29) is 0 Å².